The number of hydrogen-bond acceptors (Lipinski definition) is 6. The fourth-order valence-corrected chi connectivity index (χ4v) is 2.59. The summed E-state index contributed by atoms with van der Waals surface area (Å²) < 4.78 is 7.10. The van der Waals surface area contributed by atoms with Gasteiger partial charge in [-0.1, -0.05) is 19.4 Å². The van der Waals surface area contributed by atoms with Crippen molar-refractivity contribution in [1.29, 1.82) is 0 Å². The van der Waals surface area contributed by atoms with E-state index in [4.69, 9.17) is 4.74 Å². The van der Waals surface area contributed by atoms with Gasteiger partial charge in [0.2, 0.25) is 5.95 Å². The molecule has 0 aliphatic carbocycles. The molecule has 0 bridgehead atoms. The van der Waals surface area contributed by atoms with Crippen LogP contribution in [0.5, 0.6) is 0 Å². The van der Waals surface area contributed by atoms with Crippen LogP contribution in [0.1, 0.15) is 38.3 Å². The fraction of sp³-hybridized carbons (Fsp3) is 0.375. The van der Waals surface area contributed by atoms with Crippen LogP contribution in [0.4, 0.5) is 5.95 Å². The van der Waals surface area contributed by atoms with Crippen molar-refractivity contribution in [2.24, 2.45) is 0 Å². The van der Waals surface area contributed by atoms with E-state index < -0.39 is 6.04 Å². The van der Waals surface area contributed by atoms with Crippen molar-refractivity contribution in [2.75, 3.05) is 11.9 Å². The first kappa shape index (κ1) is 15.2. The molecule has 7 heteroatoms. The van der Waals surface area contributed by atoms with Crippen molar-refractivity contribution in [3.05, 3.63) is 47.7 Å². The lowest BCUT2D eigenvalue weighted by Gasteiger charge is -2.27. The number of carbonyl (C=O) groups is 1. The van der Waals surface area contributed by atoms with Crippen molar-refractivity contribution >= 4 is 11.9 Å². The third-order valence-corrected chi connectivity index (χ3v) is 3.75. The Morgan fingerprint density at radius 3 is 3.09 bits per heavy atom. The molecule has 7 nitrogen and oxygen atoms in total. The number of unbranched alkanes of at least 4 members (excludes halogenated alkanes) is 1. The molecule has 0 saturated heterocycles. The van der Waals surface area contributed by atoms with Crippen LogP contribution in [0.2, 0.25) is 0 Å². The van der Waals surface area contributed by atoms with Gasteiger partial charge in [0.25, 0.3) is 0 Å². The quantitative estimate of drug-likeness (QED) is 0.674. The van der Waals surface area contributed by atoms with E-state index in [1.165, 1.54) is 6.33 Å². The topological polar surface area (TPSA) is 81.9 Å². The Morgan fingerprint density at radius 1 is 1.48 bits per heavy atom. The van der Waals surface area contributed by atoms with Crippen LogP contribution in [0.3, 0.4) is 0 Å². The first-order valence-corrected chi connectivity index (χ1v) is 7.66. The summed E-state index contributed by atoms with van der Waals surface area (Å²) in [6, 6.07) is 3.36. The van der Waals surface area contributed by atoms with Crippen LogP contribution < -0.4 is 5.32 Å². The molecule has 0 aromatic carbocycles. The highest BCUT2D eigenvalue weighted by Gasteiger charge is 2.34. The van der Waals surface area contributed by atoms with Crippen LogP contribution in [-0.4, -0.2) is 32.3 Å². The summed E-state index contributed by atoms with van der Waals surface area (Å²) in [5.41, 5.74) is 2.12. The molecule has 0 radical (unpaired) electrons. The van der Waals surface area contributed by atoms with E-state index in [0.717, 1.165) is 24.1 Å². The molecule has 0 saturated carbocycles. The molecule has 23 heavy (non-hydrogen) atoms. The minimum Gasteiger partial charge on any atom is -0.462 e. The van der Waals surface area contributed by atoms with E-state index in [9.17, 15) is 4.79 Å². The molecule has 1 aliphatic rings. The number of aromatic nitrogens is 4. The van der Waals surface area contributed by atoms with Gasteiger partial charge in [-0.2, -0.15) is 10.1 Å². The van der Waals surface area contributed by atoms with Crippen LogP contribution >= 0.6 is 0 Å². The maximum Gasteiger partial charge on any atom is 0.338 e. The minimum atomic E-state index is -0.392. The number of allylic oxidation sites excluding steroid dienone is 1. The molecular weight excluding hydrogens is 294 g/mol. The largest absolute Gasteiger partial charge is 0.462 e. The lowest BCUT2D eigenvalue weighted by Crippen LogP contribution is -2.29. The van der Waals surface area contributed by atoms with Crippen molar-refractivity contribution in [3.8, 4) is 0 Å². The van der Waals surface area contributed by atoms with E-state index in [-0.39, 0.29) is 5.97 Å². The third-order valence-electron chi connectivity index (χ3n) is 3.75. The van der Waals surface area contributed by atoms with Gasteiger partial charge < -0.3 is 10.1 Å². The number of carbonyl (C=O) groups excluding carboxylic acids is 1. The number of nitrogens with zero attached hydrogens (tertiary/aromatic N) is 4. The maximum absolute atomic E-state index is 12.6. The Kier molecular flexibility index (Phi) is 4.36. The second kappa shape index (κ2) is 6.60. The van der Waals surface area contributed by atoms with Gasteiger partial charge in [-0.15, -0.1) is 0 Å². The van der Waals surface area contributed by atoms with Crippen molar-refractivity contribution in [2.45, 2.75) is 32.7 Å². The molecule has 120 valence electrons. The van der Waals surface area contributed by atoms with Gasteiger partial charge in [0.05, 0.1) is 12.2 Å². The van der Waals surface area contributed by atoms with Crippen LogP contribution in [-0.2, 0) is 9.53 Å². The van der Waals surface area contributed by atoms with Gasteiger partial charge in [-0.25, -0.2) is 9.48 Å². The molecule has 1 N–H and O–H groups in total. The average molecular weight is 313 g/mol. The van der Waals surface area contributed by atoms with Crippen molar-refractivity contribution in [1.82, 2.24) is 19.7 Å². The summed E-state index contributed by atoms with van der Waals surface area (Å²) in [5.74, 6) is 0.264. The SMILES string of the molecule is CCCCOC(=O)C1=C(C)Nc2ncnn2C1c1cccnc1. The van der Waals surface area contributed by atoms with Crippen LogP contribution in [0.15, 0.2) is 42.1 Å². The lowest BCUT2D eigenvalue weighted by atomic mass is 9.97. The number of pyridine rings is 1. The summed E-state index contributed by atoms with van der Waals surface area (Å²) >= 11 is 0. The maximum atomic E-state index is 12.6. The second-order valence-electron chi connectivity index (χ2n) is 5.37. The van der Waals surface area contributed by atoms with E-state index >= 15 is 0 Å². The highest BCUT2D eigenvalue weighted by Crippen LogP contribution is 2.34. The third kappa shape index (κ3) is 2.94. The highest BCUT2D eigenvalue weighted by molar-refractivity contribution is 5.92. The molecule has 2 aromatic rings. The monoisotopic (exact) mass is 313 g/mol. The van der Waals surface area contributed by atoms with Gasteiger partial charge in [-0.05, 0) is 25.0 Å². The Labute approximate surface area is 134 Å². The number of fused-ring (bicyclic) bond motifs is 1. The fourth-order valence-electron chi connectivity index (χ4n) is 2.59. The number of nitrogens with one attached hydrogen (secondary N) is 1. The van der Waals surface area contributed by atoms with E-state index in [1.807, 2.05) is 19.1 Å². The zero-order valence-corrected chi connectivity index (χ0v) is 13.2. The molecule has 1 unspecified atom stereocenters. The molecule has 0 amide bonds. The smallest absolute Gasteiger partial charge is 0.338 e. The highest BCUT2D eigenvalue weighted by atomic mass is 16.5. The summed E-state index contributed by atoms with van der Waals surface area (Å²) in [5, 5.41) is 7.36. The molecule has 2 aromatic heterocycles. The molecular formula is C16H19N5O2. The van der Waals surface area contributed by atoms with Gasteiger partial charge in [0.1, 0.15) is 12.4 Å². The van der Waals surface area contributed by atoms with Crippen molar-refractivity contribution in [3.63, 3.8) is 0 Å². The van der Waals surface area contributed by atoms with Gasteiger partial charge >= 0.3 is 5.97 Å². The van der Waals surface area contributed by atoms with E-state index in [1.54, 1.807) is 17.1 Å². The van der Waals surface area contributed by atoms with E-state index in [2.05, 4.69) is 27.3 Å². The molecule has 1 aliphatic heterocycles. The predicted octanol–water partition coefficient (Wildman–Crippen LogP) is 2.31. The summed E-state index contributed by atoms with van der Waals surface area (Å²) in [4.78, 5) is 20.9. The number of esters is 1. The Hall–Kier alpha value is -2.70. The predicted molar refractivity (Wildman–Crippen MR) is 84.6 cm³/mol. The standard InChI is InChI=1S/C16H19N5O2/c1-3-4-8-23-15(22)13-11(2)20-16-18-10-19-21(16)14(13)12-6-5-7-17-9-12/h5-7,9-10,14H,3-4,8H2,1-2H3,(H,18,19,20). The normalized spacial score (nSPS) is 16.7. The first-order chi connectivity index (χ1) is 11.2. The molecule has 1 atom stereocenters. The van der Waals surface area contributed by atoms with Crippen LogP contribution in [0.25, 0.3) is 0 Å². The van der Waals surface area contributed by atoms with Gasteiger partial charge in [-0.3, -0.25) is 4.98 Å². The number of ether oxygens (including phenoxy) is 1. The summed E-state index contributed by atoms with van der Waals surface area (Å²) in [6.07, 6.45) is 6.71. The Balaban J connectivity index is 1.99. The number of hydrogen-bond donors (Lipinski definition) is 1. The van der Waals surface area contributed by atoms with E-state index in [0.29, 0.717) is 18.1 Å². The van der Waals surface area contributed by atoms with Crippen molar-refractivity contribution < 1.29 is 9.53 Å². The molecule has 3 rings (SSSR count). The Morgan fingerprint density at radius 2 is 2.35 bits per heavy atom. The number of rotatable bonds is 5. The number of anilines is 1. The average Bonchev–Trinajstić information content (AvgIpc) is 3.02. The molecule has 0 spiro atoms. The molecule has 3 heterocycles. The van der Waals surface area contributed by atoms with Gasteiger partial charge in [0, 0.05) is 18.1 Å². The molecule has 0 fully saturated rings. The first-order valence-electron chi connectivity index (χ1n) is 7.66. The minimum absolute atomic E-state index is 0.335. The van der Waals surface area contributed by atoms with Crippen LogP contribution in [0, 0.1) is 0 Å². The second-order valence-corrected chi connectivity index (χ2v) is 5.37. The summed E-state index contributed by atoms with van der Waals surface area (Å²) in [7, 11) is 0. The Bertz CT molecular complexity index is 723. The van der Waals surface area contributed by atoms with Gasteiger partial charge in [0.15, 0.2) is 0 Å². The zero-order chi connectivity index (χ0) is 16.2. The summed E-state index contributed by atoms with van der Waals surface area (Å²) in [6.45, 7) is 4.31. The zero-order valence-electron chi connectivity index (χ0n) is 13.2. The lowest BCUT2D eigenvalue weighted by molar-refractivity contribution is -0.139.